The molecule has 1 spiro atoms. The summed E-state index contributed by atoms with van der Waals surface area (Å²) in [7, 11) is 0. The normalized spacial score (nSPS) is 26.5. The molecule has 5 heteroatoms. The number of rotatable bonds is 2. The third-order valence-electron chi connectivity index (χ3n) is 5.60. The first-order valence-electron chi connectivity index (χ1n) is 8.88. The van der Waals surface area contributed by atoms with E-state index in [1.165, 1.54) is 23.3 Å². The molecule has 4 nitrogen and oxygen atoms in total. The lowest BCUT2D eigenvalue weighted by Crippen LogP contribution is -2.47. The van der Waals surface area contributed by atoms with Gasteiger partial charge in [-0.3, -0.25) is 4.79 Å². The molecule has 3 aliphatic rings. The van der Waals surface area contributed by atoms with Gasteiger partial charge >= 0.3 is 0 Å². The van der Waals surface area contributed by atoms with E-state index in [0.717, 1.165) is 49.6 Å². The highest BCUT2D eigenvalue weighted by atomic mass is 32.1. The molecule has 0 bridgehead atoms. The lowest BCUT2D eigenvalue weighted by Gasteiger charge is -2.37. The average Bonchev–Trinajstić information content (AvgIpc) is 3.21. The molecule has 1 aromatic heterocycles. The van der Waals surface area contributed by atoms with Crippen LogP contribution in [0.2, 0.25) is 0 Å². The number of hydrogen-bond donors (Lipinski definition) is 0. The average molecular weight is 335 g/mol. The maximum atomic E-state index is 12.8. The summed E-state index contributed by atoms with van der Waals surface area (Å²) in [5.41, 5.74) is 1.42. The van der Waals surface area contributed by atoms with Crippen LogP contribution < -0.4 is 0 Å². The molecular weight excluding hydrogens is 310 g/mol. The standard InChI is InChI=1S/C18H25NO3S/c1-2-13-3-4-15-14(11-13)12-16(23-15)17(20)19-7-5-18(6-8-19)21-9-10-22-18/h12-13H,2-11H2,1H3/t13-/m0/s1. The molecule has 1 aromatic rings. The van der Waals surface area contributed by atoms with E-state index in [-0.39, 0.29) is 5.91 Å². The maximum Gasteiger partial charge on any atom is 0.263 e. The summed E-state index contributed by atoms with van der Waals surface area (Å²) in [6.07, 6.45) is 6.41. The topological polar surface area (TPSA) is 38.8 Å². The third kappa shape index (κ3) is 2.94. The number of fused-ring (bicyclic) bond motifs is 1. The summed E-state index contributed by atoms with van der Waals surface area (Å²) >= 11 is 1.72. The zero-order valence-electron chi connectivity index (χ0n) is 13.8. The Morgan fingerprint density at radius 3 is 2.78 bits per heavy atom. The molecule has 3 heterocycles. The summed E-state index contributed by atoms with van der Waals surface area (Å²) in [5.74, 6) is 0.594. The molecule has 2 fully saturated rings. The van der Waals surface area contributed by atoms with Gasteiger partial charge in [-0.15, -0.1) is 11.3 Å². The van der Waals surface area contributed by atoms with Crippen LogP contribution in [0.1, 0.15) is 52.7 Å². The lowest BCUT2D eigenvalue weighted by atomic mass is 9.87. The Morgan fingerprint density at radius 2 is 2.09 bits per heavy atom. The van der Waals surface area contributed by atoms with Crippen molar-refractivity contribution in [2.75, 3.05) is 26.3 Å². The molecule has 2 aliphatic heterocycles. The molecular formula is C18H25NO3S. The van der Waals surface area contributed by atoms with Crippen LogP contribution in [-0.2, 0) is 22.3 Å². The Morgan fingerprint density at radius 1 is 1.35 bits per heavy atom. The molecule has 23 heavy (non-hydrogen) atoms. The third-order valence-corrected chi connectivity index (χ3v) is 6.82. The smallest absolute Gasteiger partial charge is 0.263 e. The quantitative estimate of drug-likeness (QED) is 0.833. The van der Waals surface area contributed by atoms with Crippen LogP contribution >= 0.6 is 11.3 Å². The first kappa shape index (κ1) is 15.6. The number of nitrogens with zero attached hydrogens (tertiary/aromatic N) is 1. The summed E-state index contributed by atoms with van der Waals surface area (Å²) in [6, 6.07) is 2.16. The molecule has 1 amide bonds. The van der Waals surface area contributed by atoms with Gasteiger partial charge in [0, 0.05) is 30.8 Å². The first-order valence-corrected chi connectivity index (χ1v) is 9.69. The van der Waals surface area contributed by atoms with E-state index in [9.17, 15) is 4.79 Å². The number of carbonyl (C=O) groups excluding carboxylic acids is 1. The number of thiophene rings is 1. The van der Waals surface area contributed by atoms with Crippen LogP contribution in [-0.4, -0.2) is 42.9 Å². The molecule has 1 atom stereocenters. The molecule has 0 saturated carbocycles. The minimum atomic E-state index is -0.403. The van der Waals surface area contributed by atoms with Crippen molar-refractivity contribution in [3.8, 4) is 0 Å². The number of hydrogen-bond acceptors (Lipinski definition) is 4. The number of piperidine rings is 1. The Bertz CT molecular complexity index is 581. The molecule has 0 aromatic carbocycles. The molecule has 0 radical (unpaired) electrons. The zero-order valence-corrected chi connectivity index (χ0v) is 14.6. The predicted molar refractivity (Wildman–Crippen MR) is 89.9 cm³/mol. The lowest BCUT2D eigenvalue weighted by molar-refractivity contribution is -0.181. The van der Waals surface area contributed by atoms with E-state index >= 15 is 0 Å². The highest BCUT2D eigenvalue weighted by molar-refractivity contribution is 7.14. The van der Waals surface area contributed by atoms with Gasteiger partial charge in [0.15, 0.2) is 5.79 Å². The Balaban J connectivity index is 1.43. The van der Waals surface area contributed by atoms with Crippen molar-refractivity contribution in [1.82, 2.24) is 4.90 Å². The van der Waals surface area contributed by atoms with Crippen molar-refractivity contribution in [2.24, 2.45) is 5.92 Å². The second-order valence-electron chi connectivity index (χ2n) is 6.98. The van der Waals surface area contributed by atoms with E-state index in [1.807, 2.05) is 4.90 Å². The number of ether oxygens (including phenoxy) is 2. The van der Waals surface area contributed by atoms with E-state index < -0.39 is 5.79 Å². The fourth-order valence-electron chi connectivity index (χ4n) is 4.04. The molecule has 4 rings (SSSR count). The summed E-state index contributed by atoms with van der Waals surface area (Å²) in [5, 5.41) is 0. The number of carbonyl (C=O) groups is 1. The van der Waals surface area contributed by atoms with Crippen LogP contribution in [0, 0.1) is 5.92 Å². The van der Waals surface area contributed by atoms with Crippen molar-refractivity contribution in [2.45, 2.75) is 51.2 Å². The fraction of sp³-hybridized carbons (Fsp3) is 0.722. The van der Waals surface area contributed by atoms with Gasteiger partial charge in [-0.25, -0.2) is 0 Å². The van der Waals surface area contributed by atoms with E-state index in [4.69, 9.17) is 9.47 Å². The van der Waals surface area contributed by atoms with Crippen LogP contribution in [0.3, 0.4) is 0 Å². The summed E-state index contributed by atoms with van der Waals surface area (Å²) in [6.45, 7) is 5.11. The van der Waals surface area contributed by atoms with Gasteiger partial charge in [-0.1, -0.05) is 13.3 Å². The minimum absolute atomic E-state index is 0.199. The first-order chi connectivity index (χ1) is 11.2. The van der Waals surface area contributed by atoms with Gasteiger partial charge < -0.3 is 14.4 Å². The molecule has 126 valence electrons. The zero-order chi connectivity index (χ0) is 15.9. The van der Waals surface area contributed by atoms with Crippen LogP contribution in [0.25, 0.3) is 0 Å². The molecule has 0 unspecified atom stereocenters. The van der Waals surface area contributed by atoms with E-state index in [2.05, 4.69) is 13.0 Å². The maximum absolute atomic E-state index is 12.8. The van der Waals surface area contributed by atoms with Gasteiger partial charge in [0.1, 0.15) is 0 Å². The van der Waals surface area contributed by atoms with Crippen molar-refractivity contribution in [1.29, 1.82) is 0 Å². The highest BCUT2D eigenvalue weighted by Gasteiger charge is 2.41. The van der Waals surface area contributed by atoms with E-state index in [1.54, 1.807) is 11.3 Å². The van der Waals surface area contributed by atoms with Crippen molar-refractivity contribution in [3.63, 3.8) is 0 Å². The predicted octanol–water partition coefficient (Wildman–Crippen LogP) is 3.24. The number of likely N-dealkylation sites (tertiary alicyclic amines) is 1. The molecule has 0 N–H and O–H groups in total. The van der Waals surface area contributed by atoms with Crippen LogP contribution in [0.4, 0.5) is 0 Å². The van der Waals surface area contributed by atoms with E-state index in [0.29, 0.717) is 13.2 Å². The minimum Gasteiger partial charge on any atom is -0.347 e. The largest absolute Gasteiger partial charge is 0.347 e. The van der Waals surface area contributed by atoms with Gasteiger partial charge in [0.2, 0.25) is 0 Å². The van der Waals surface area contributed by atoms with Gasteiger partial charge in [0.25, 0.3) is 5.91 Å². The van der Waals surface area contributed by atoms with Crippen molar-refractivity contribution < 1.29 is 14.3 Å². The van der Waals surface area contributed by atoms with Gasteiger partial charge in [-0.2, -0.15) is 0 Å². The summed E-state index contributed by atoms with van der Waals surface area (Å²) in [4.78, 5) is 17.2. The number of aryl methyl sites for hydroxylation is 1. The highest BCUT2D eigenvalue weighted by Crippen LogP contribution is 2.36. The van der Waals surface area contributed by atoms with Gasteiger partial charge in [-0.05, 0) is 36.8 Å². The fourth-order valence-corrected chi connectivity index (χ4v) is 5.22. The number of amides is 1. The van der Waals surface area contributed by atoms with Crippen LogP contribution in [0.5, 0.6) is 0 Å². The Hall–Kier alpha value is -0.910. The molecule has 1 aliphatic carbocycles. The van der Waals surface area contributed by atoms with Crippen molar-refractivity contribution in [3.05, 3.63) is 21.4 Å². The SMILES string of the molecule is CC[C@H]1CCc2sc(C(=O)N3CCC4(CC3)OCCO4)cc2C1. The Labute approximate surface area is 141 Å². The van der Waals surface area contributed by atoms with Gasteiger partial charge in [0.05, 0.1) is 18.1 Å². The second kappa shape index (κ2) is 6.19. The summed E-state index contributed by atoms with van der Waals surface area (Å²) < 4.78 is 11.5. The second-order valence-corrected chi connectivity index (χ2v) is 8.11. The Kier molecular flexibility index (Phi) is 4.20. The molecule has 2 saturated heterocycles. The van der Waals surface area contributed by atoms with Crippen molar-refractivity contribution >= 4 is 17.2 Å². The monoisotopic (exact) mass is 335 g/mol. The van der Waals surface area contributed by atoms with Crippen LogP contribution in [0.15, 0.2) is 6.07 Å².